The molecule has 1 amide bonds. The van der Waals surface area contributed by atoms with Crippen molar-refractivity contribution in [3.63, 3.8) is 0 Å². The Bertz CT molecular complexity index is 474. The zero-order valence-corrected chi connectivity index (χ0v) is 11.0. The van der Waals surface area contributed by atoms with Gasteiger partial charge in [-0.2, -0.15) is 0 Å². The van der Waals surface area contributed by atoms with E-state index >= 15 is 0 Å². The topological polar surface area (TPSA) is 58.6 Å². The largest absolute Gasteiger partial charge is 0.508 e. The van der Waals surface area contributed by atoms with Crippen LogP contribution in [0.4, 0.5) is 4.79 Å². The van der Waals surface area contributed by atoms with Crippen molar-refractivity contribution in [2.24, 2.45) is 0 Å². The third-order valence-corrected chi connectivity index (χ3v) is 2.19. The van der Waals surface area contributed by atoms with Crippen molar-refractivity contribution in [2.75, 3.05) is 7.05 Å². The molecule has 0 heterocycles. The first kappa shape index (κ1) is 14.6. The molecule has 2 rings (SSSR count). The molecule has 0 spiro atoms. The molecule has 0 aliphatic heterocycles. The van der Waals surface area contributed by atoms with Gasteiger partial charge in [-0.25, -0.2) is 4.79 Å². The Morgan fingerprint density at radius 2 is 1.63 bits per heavy atom. The number of hydrogen-bond acceptors (Lipinski definition) is 3. The van der Waals surface area contributed by atoms with Crippen LogP contribution in [0.25, 0.3) is 0 Å². The van der Waals surface area contributed by atoms with Crippen LogP contribution in [-0.4, -0.2) is 18.2 Å². The third kappa shape index (κ3) is 6.12. The van der Waals surface area contributed by atoms with Gasteiger partial charge < -0.3 is 15.2 Å². The van der Waals surface area contributed by atoms with E-state index in [9.17, 15) is 4.79 Å². The van der Waals surface area contributed by atoms with Crippen molar-refractivity contribution in [3.8, 4) is 11.5 Å². The van der Waals surface area contributed by atoms with Gasteiger partial charge in [0.25, 0.3) is 0 Å². The van der Waals surface area contributed by atoms with E-state index in [2.05, 4.69) is 5.32 Å². The molecule has 2 N–H and O–H groups in total. The zero-order valence-electron chi connectivity index (χ0n) is 11.0. The summed E-state index contributed by atoms with van der Waals surface area (Å²) in [5.74, 6) is 0.877. The predicted octanol–water partition coefficient (Wildman–Crippen LogP) is 3.11. The van der Waals surface area contributed by atoms with Gasteiger partial charge in [-0.05, 0) is 31.2 Å². The molecule has 0 saturated heterocycles. The number of carbonyl (C=O) groups excluding carboxylic acids is 1. The molecule has 0 unspecified atom stereocenters. The van der Waals surface area contributed by atoms with Crippen LogP contribution >= 0.6 is 0 Å². The highest BCUT2D eigenvalue weighted by Crippen LogP contribution is 2.08. The van der Waals surface area contributed by atoms with Gasteiger partial charge in [0.15, 0.2) is 0 Å². The molecule has 0 saturated carbocycles. The van der Waals surface area contributed by atoms with Crippen LogP contribution < -0.4 is 10.1 Å². The lowest BCUT2D eigenvalue weighted by atomic mass is 10.2. The van der Waals surface area contributed by atoms with Crippen molar-refractivity contribution < 1.29 is 14.6 Å². The highest BCUT2D eigenvalue weighted by Gasteiger charge is 1.97. The second-order valence-corrected chi connectivity index (χ2v) is 3.79. The number of ether oxygens (including phenoxy) is 1. The molecule has 0 bridgehead atoms. The van der Waals surface area contributed by atoms with E-state index in [-0.39, 0.29) is 0 Å². The van der Waals surface area contributed by atoms with E-state index in [4.69, 9.17) is 9.84 Å². The van der Waals surface area contributed by atoms with Crippen LogP contribution in [0.15, 0.2) is 54.6 Å². The number of amides is 1. The average molecular weight is 259 g/mol. The summed E-state index contributed by atoms with van der Waals surface area (Å²) in [7, 11) is 1.52. The monoisotopic (exact) mass is 259 g/mol. The molecule has 4 heteroatoms. The highest BCUT2D eigenvalue weighted by molar-refractivity contribution is 5.69. The van der Waals surface area contributed by atoms with E-state index in [1.165, 1.54) is 12.6 Å². The molecular formula is C15H17NO3. The minimum atomic E-state index is -0.448. The van der Waals surface area contributed by atoms with Gasteiger partial charge >= 0.3 is 6.09 Å². The Labute approximate surface area is 112 Å². The van der Waals surface area contributed by atoms with Crippen LogP contribution in [0.1, 0.15) is 5.56 Å². The van der Waals surface area contributed by atoms with Gasteiger partial charge in [0.1, 0.15) is 11.5 Å². The van der Waals surface area contributed by atoms with Crippen LogP contribution in [0.5, 0.6) is 11.5 Å². The average Bonchev–Trinajstić information content (AvgIpc) is 2.44. The van der Waals surface area contributed by atoms with Gasteiger partial charge in [0.05, 0.1) is 0 Å². The molecule has 4 nitrogen and oxygen atoms in total. The quantitative estimate of drug-likeness (QED) is 0.827. The minimum Gasteiger partial charge on any atom is -0.508 e. The number of rotatable bonds is 1. The van der Waals surface area contributed by atoms with Crippen molar-refractivity contribution in [1.82, 2.24) is 5.32 Å². The first-order chi connectivity index (χ1) is 9.11. The highest BCUT2D eigenvalue weighted by atomic mass is 16.5. The van der Waals surface area contributed by atoms with Gasteiger partial charge in [0.2, 0.25) is 0 Å². The zero-order chi connectivity index (χ0) is 14.1. The molecular weight excluding hydrogens is 242 g/mol. The second kappa shape index (κ2) is 7.76. The minimum absolute atomic E-state index is 0.329. The fraction of sp³-hybridized carbons (Fsp3) is 0.133. The van der Waals surface area contributed by atoms with Crippen LogP contribution in [-0.2, 0) is 0 Å². The van der Waals surface area contributed by atoms with E-state index < -0.39 is 6.09 Å². The molecule has 2 aromatic carbocycles. The summed E-state index contributed by atoms with van der Waals surface area (Å²) in [4.78, 5) is 10.6. The molecule has 0 fully saturated rings. The number of nitrogens with one attached hydrogen (secondary N) is 1. The SMILES string of the molecule is CNC(=O)Oc1ccccc1.Cc1ccc(O)cc1. The molecule has 100 valence electrons. The van der Waals surface area contributed by atoms with Crippen molar-refractivity contribution in [1.29, 1.82) is 0 Å². The summed E-state index contributed by atoms with van der Waals surface area (Å²) in [5, 5.41) is 11.1. The lowest BCUT2D eigenvalue weighted by Gasteiger charge is -2.00. The van der Waals surface area contributed by atoms with E-state index in [0.717, 1.165) is 0 Å². The Hall–Kier alpha value is -2.49. The lowest BCUT2D eigenvalue weighted by Crippen LogP contribution is -2.21. The molecule has 0 aliphatic rings. The van der Waals surface area contributed by atoms with Crippen molar-refractivity contribution in [2.45, 2.75) is 6.92 Å². The summed E-state index contributed by atoms with van der Waals surface area (Å²) >= 11 is 0. The smallest absolute Gasteiger partial charge is 0.412 e. The van der Waals surface area contributed by atoms with E-state index in [1.807, 2.05) is 25.1 Å². The number of phenols is 1. The summed E-state index contributed by atoms with van der Waals surface area (Å²) in [6.07, 6.45) is -0.448. The lowest BCUT2D eigenvalue weighted by molar-refractivity contribution is 0.203. The molecule has 19 heavy (non-hydrogen) atoms. The number of hydrogen-bond donors (Lipinski definition) is 2. The fourth-order valence-corrected chi connectivity index (χ4v) is 1.19. The Kier molecular flexibility index (Phi) is 5.95. The summed E-state index contributed by atoms with van der Waals surface area (Å²) in [6, 6.07) is 16.0. The Morgan fingerprint density at radius 1 is 1.05 bits per heavy atom. The van der Waals surface area contributed by atoms with Gasteiger partial charge in [0, 0.05) is 7.05 Å². The number of aryl methyl sites for hydroxylation is 1. The molecule has 0 atom stereocenters. The summed E-state index contributed by atoms with van der Waals surface area (Å²) in [5.41, 5.74) is 1.17. The number of benzene rings is 2. The normalized spacial score (nSPS) is 8.95. The van der Waals surface area contributed by atoms with Gasteiger partial charge in [-0.3, -0.25) is 0 Å². The first-order valence-corrected chi connectivity index (χ1v) is 5.82. The summed E-state index contributed by atoms with van der Waals surface area (Å²) in [6.45, 7) is 1.99. The maximum Gasteiger partial charge on any atom is 0.412 e. The number of carbonyl (C=O) groups is 1. The number of phenolic OH excluding ortho intramolecular Hbond substituents is 1. The second-order valence-electron chi connectivity index (χ2n) is 3.79. The van der Waals surface area contributed by atoms with Crippen molar-refractivity contribution >= 4 is 6.09 Å². The fourth-order valence-electron chi connectivity index (χ4n) is 1.19. The molecule has 0 aliphatic carbocycles. The number of para-hydroxylation sites is 1. The first-order valence-electron chi connectivity index (χ1n) is 5.82. The Balaban J connectivity index is 0.000000200. The predicted molar refractivity (Wildman–Crippen MR) is 74.4 cm³/mol. The summed E-state index contributed by atoms with van der Waals surface area (Å²) < 4.78 is 4.81. The van der Waals surface area contributed by atoms with E-state index in [0.29, 0.717) is 11.5 Å². The third-order valence-electron chi connectivity index (χ3n) is 2.19. The van der Waals surface area contributed by atoms with Crippen LogP contribution in [0, 0.1) is 6.92 Å². The van der Waals surface area contributed by atoms with Crippen molar-refractivity contribution in [3.05, 3.63) is 60.2 Å². The maximum atomic E-state index is 10.6. The number of aromatic hydroxyl groups is 1. The van der Waals surface area contributed by atoms with E-state index in [1.54, 1.807) is 36.4 Å². The van der Waals surface area contributed by atoms with Gasteiger partial charge in [-0.15, -0.1) is 0 Å². The standard InChI is InChI=1S/C8H9NO2.C7H8O/c1-9-8(10)11-7-5-3-2-4-6-7;1-6-2-4-7(8)5-3-6/h2-6H,1H3,(H,9,10);2-5,8H,1H3. The molecule has 2 aromatic rings. The maximum absolute atomic E-state index is 10.6. The van der Waals surface area contributed by atoms with Crippen LogP contribution in [0.2, 0.25) is 0 Å². The Morgan fingerprint density at radius 3 is 2.11 bits per heavy atom. The van der Waals surface area contributed by atoms with Gasteiger partial charge in [-0.1, -0.05) is 35.9 Å². The molecule has 0 aromatic heterocycles. The molecule has 0 radical (unpaired) electrons. The van der Waals surface area contributed by atoms with Crippen LogP contribution in [0.3, 0.4) is 0 Å².